The van der Waals surface area contributed by atoms with Crippen molar-refractivity contribution in [3.05, 3.63) is 23.2 Å². The van der Waals surface area contributed by atoms with E-state index >= 15 is 0 Å². The minimum Gasteiger partial charge on any atom is -0.125 e. The normalized spacial score (nSPS) is 10.4. The lowest BCUT2D eigenvalue weighted by molar-refractivity contribution is 1.24. The molecule has 3 heteroatoms. The molecule has 0 fully saturated rings. The average Bonchev–Trinajstić information content (AvgIpc) is 2.11. The summed E-state index contributed by atoms with van der Waals surface area (Å²) in [6.07, 6.45) is 0. The van der Waals surface area contributed by atoms with Gasteiger partial charge in [-0.2, -0.15) is 0 Å². The summed E-state index contributed by atoms with van der Waals surface area (Å²) in [5.74, 6) is 2.17. The van der Waals surface area contributed by atoms with Gasteiger partial charge in [-0.25, -0.2) is 0 Å². The van der Waals surface area contributed by atoms with E-state index in [9.17, 15) is 0 Å². The second-order valence-electron chi connectivity index (χ2n) is 2.43. The van der Waals surface area contributed by atoms with Crippen LogP contribution in [0.4, 0.5) is 0 Å². The summed E-state index contributed by atoms with van der Waals surface area (Å²) in [6, 6.07) is 6.11. The van der Waals surface area contributed by atoms with Crippen LogP contribution in [0.25, 0.3) is 0 Å². The Morgan fingerprint density at radius 3 is 2.46 bits per heavy atom. The lowest BCUT2D eigenvalue weighted by Crippen LogP contribution is -1.81. The largest absolute Gasteiger partial charge is 0.125 e. The van der Waals surface area contributed by atoms with Crippen LogP contribution in [0.5, 0.6) is 0 Å². The third-order valence-electron chi connectivity index (χ3n) is 1.52. The Morgan fingerprint density at radius 2 is 1.85 bits per heavy atom. The summed E-state index contributed by atoms with van der Waals surface area (Å²) in [4.78, 5) is 2.54. The van der Waals surface area contributed by atoms with Crippen molar-refractivity contribution in [1.29, 1.82) is 0 Å². The molecule has 0 bridgehead atoms. The van der Waals surface area contributed by atoms with E-state index in [1.165, 1.54) is 9.79 Å². The summed E-state index contributed by atoms with van der Waals surface area (Å²) >= 11 is 9.78. The third kappa shape index (κ3) is 3.12. The summed E-state index contributed by atoms with van der Waals surface area (Å²) in [5, 5.41) is 0.880. The second-order valence-corrected chi connectivity index (χ2v) is 5.42. The molecule has 0 radical (unpaired) electrons. The quantitative estimate of drug-likeness (QED) is 0.698. The van der Waals surface area contributed by atoms with Crippen LogP contribution in [-0.2, 0) is 0 Å². The van der Waals surface area contributed by atoms with Crippen molar-refractivity contribution in [1.82, 2.24) is 0 Å². The number of hydrogen-bond acceptors (Lipinski definition) is 2. The van der Waals surface area contributed by atoms with Gasteiger partial charge >= 0.3 is 0 Å². The van der Waals surface area contributed by atoms with E-state index in [2.05, 4.69) is 19.9 Å². The smallest absolute Gasteiger partial charge is 0.0553 e. The molecule has 0 spiro atoms. The van der Waals surface area contributed by atoms with Crippen LogP contribution in [0.1, 0.15) is 13.8 Å². The van der Waals surface area contributed by atoms with Crippen molar-refractivity contribution in [2.24, 2.45) is 0 Å². The predicted molar refractivity (Wildman–Crippen MR) is 64.2 cm³/mol. The third-order valence-corrected chi connectivity index (χ3v) is 4.03. The van der Waals surface area contributed by atoms with Crippen LogP contribution < -0.4 is 0 Å². The van der Waals surface area contributed by atoms with Crippen LogP contribution in [0.3, 0.4) is 0 Å². The van der Waals surface area contributed by atoms with Gasteiger partial charge in [-0.1, -0.05) is 31.5 Å². The molecule has 0 N–H and O–H groups in total. The van der Waals surface area contributed by atoms with E-state index in [-0.39, 0.29) is 0 Å². The second kappa shape index (κ2) is 5.84. The molecule has 1 aromatic rings. The number of halogens is 1. The van der Waals surface area contributed by atoms with E-state index in [0.29, 0.717) is 0 Å². The fourth-order valence-corrected chi connectivity index (χ4v) is 3.22. The number of rotatable bonds is 4. The highest BCUT2D eigenvalue weighted by molar-refractivity contribution is 8.02. The van der Waals surface area contributed by atoms with Gasteiger partial charge in [0.1, 0.15) is 0 Å². The lowest BCUT2D eigenvalue weighted by Gasteiger charge is -2.08. The molecule has 0 saturated heterocycles. The first-order chi connectivity index (χ1) is 6.29. The van der Waals surface area contributed by atoms with Gasteiger partial charge in [0, 0.05) is 9.79 Å². The molecule has 0 saturated carbocycles. The lowest BCUT2D eigenvalue weighted by atomic mass is 10.4. The zero-order chi connectivity index (χ0) is 9.68. The molecule has 0 aliphatic heterocycles. The molecule has 0 aliphatic rings. The molecule has 0 aromatic heterocycles. The van der Waals surface area contributed by atoms with Gasteiger partial charge in [0.05, 0.1) is 5.02 Å². The zero-order valence-corrected chi connectivity index (χ0v) is 10.2. The van der Waals surface area contributed by atoms with Gasteiger partial charge in [0.2, 0.25) is 0 Å². The minimum atomic E-state index is 0.880. The highest BCUT2D eigenvalue weighted by Gasteiger charge is 2.05. The molecule has 72 valence electrons. The first-order valence-electron chi connectivity index (χ1n) is 4.33. The van der Waals surface area contributed by atoms with Crippen molar-refractivity contribution in [2.75, 3.05) is 11.5 Å². The zero-order valence-electron chi connectivity index (χ0n) is 7.84. The van der Waals surface area contributed by atoms with Crippen LogP contribution in [0, 0.1) is 0 Å². The Balaban J connectivity index is 2.95. The van der Waals surface area contributed by atoms with E-state index in [1.807, 2.05) is 35.7 Å². The summed E-state index contributed by atoms with van der Waals surface area (Å²) in [5.41, 5.74) is 0. The van der Waals surface area contributed by atoms with Gasteiger partial charge in [-0.3, -0.25) is 0 Å². The average molecular weight is 233 g/mol. The van der Waals surface area contributed by atoms with E-state index < -0.39 is 0 Å². The van der Waals surface area contributed by atoms with Gasteiger partial charge in [0.25, 0.3) is 0 Å². The Morgan fingerprint density at radius 1 is 1.15 bits per heavy atom. The van der Waals surface area contributed by atoms with E-state index in [1.54, 1.807) is 0 Å². The highest BCUT2D eigenvalue weighted by atomic mass is 35.5. The molecule has 0 heterocycles. The van der Waals surface area contributed by atoms with Crippen LogP contribution >= 0.6 is 35.1 Å². The standard InChI is InChI=1S/C10H13ClS2/c1-3-12-9-7-5-6-8(11)10(9)13-4-2/h5-7H,3-4H2,1-2H3. The van der Waals surface area contributed by atoms with Crippen LogP contribution in [-0.4, -0.2) is 11.5 Å². The number of thioether (sulfide) groups is 2. The highest BCUT2D eigenvalue weighted by Crippen LogP contribution is 2.36. The Kier molecular flexibility index (Phi) is 5.07. The first-order valence-corrected chi connectivity index (χ1v) is 6.68. The molecular formula is C10H13ClS2. The van der Waals surface area contributed by atoms with Gasteiger partial charge in [-0.15, -0.1) is 23.5 Å². The number of benzene rings is 1. The molecule has 0 amide bonds. The Bertz CT molecular complexity index is 274. The molecule has 0 aliphatic carbocycles. The van der Waals surface area contributed by atoms with Crippen molar-refractivity contribution in [3.8, 4) is 0 Å². The molecule has 0 nitrogen and oxygen atoms in total. The van der Waals surface area contributed by atoms with E-state index in [0.717, 1.165) is 16.5 Å². The van der Waals surface area contributed by atoms with Crippen molar-refractivity contribution < 1.29 is 0 Å². The SMILES string of the molecule is CCSc1cccc(Cl)c1SCC. The minimum absolute atomic E-state index is 0.880. The Labute approximate surface area is 93.4 Å². The van der Waals surface area contributed by atoms with Crippen molar-refractivity contribution in [2.45, 2.75) is 23.6 Å². The summed E-state index contributed by atoms with van der Waals surface area (Å²) < 4.78 is 0. The predicted octanol–water partition coefficient (Wildman–Crippen LogP) is 4.56. The molecule has 1 aromatic carbocycles. The monoisotopic (exact) mass is 232 g/mol. The maximum absolute atomic E-state index is 6.11. The summed E-state index contributed by atoms with van der Waals surface area (Å²) in [7, 11) is 0. The topological polar surface area (TPSA) is 0 Å². The fourth-order valence-electron chi connectivity index (χ4n) is 1.04. The molecule has 0 unspecified atom stereocenters. The van der Waals surface area contributed by atoms with Gasteiger partial charge < -0.3 is 0 Å². The fraction of sp³-hybridized carbons (Fsp3) is 0.400. The molecule has 13 heavy (non-hydrogen) atoms. The Hall–Kier alpha value is 0.210. The van der Waals surface area contributed by atoms with Crippen LogP contribution in [0.15, 0.2) is 28.0 Å². The first kappa shape index (κ1) is 11.3. The maximum Gasteiger partial charge on any atom is 0.0553 e. The molecule has 0 atom stereocenters. The van der Waals surface area contributed by atoms with E-state index in [4.69, 9.17) is 11.6 Å². The molecule has 1 rings (SSSR count). The number of hydrogen-bond donors (Lipinski definition) is 0. The summed E-state index contributed by atoms with van der Waals surface area (Å²) in [6.45, 7) is 4.31. The molecular weight excluding hydrogens is 220 g/mol. The maximum atomic E-state index is 6.11. The van der Waals surface area contributed by atoms with Crippen molar-refractivity contribution in [3.63, 3.8) is 0 Å². The van der Waals surface area contributed by atoms with Gasteiger partial charge in [-0.05, 0) is 23.6 Å². The van der Waals surface area contributed by atoms with Gasteiger partial charge in [0.15, 0.2) is 0 Å². The van der Waals surface area contributed by atoms with Crippen molar-refractivity contribution >= 4 is 35.1 Å². The van der Waals surface area contributed by atoms with Crippen LogP contribution in [0.2, 0.25) is 5.02 Å².